The molecular formula is C14H18O4. The van der Waals surface area contributed by atoms with Crippen molar-refractivity contribution >= 4 is 11.9 Å². The minimum absolute atomic E-state index is 0.299. The lowest BCUT2D eigenvalue weighted by Gasteiger charge is -2.21. The molecule has 0 amide bonds. The number of ether oxygens (including phenoxy) is 2. The van der Waals surface area contributed by atoms with E-state index in [9.17, 15) is 9.59 Å². The van der Waals surface area contributed by atoms with Gasteiger partial charge in [-0.25, -0.2) is 0 Å². The first-order chi connectivity index (χ1) is 8.49. The van der Waals surface area contributed by atoms with E-state index in [1.54, 1.807) is 6.92 Å². The number of esters is 2. The molecule has 0 heterocycles. The highest BCUT2D eigenvalue weighted by molar-refractivity contribution is 5.66. The van der Waals surface area contributed by atoms with Gasteiger partial charge in [-0.2, -0.15) is 0 Å². The predicted molar refractivity (Wildman–Crippen MR) is 66.8 cm³/mol. The summed E-state index contributed by atoms with van der Waals surface area (Å²) >= 11 is 0. The van der Waals surface area contributed by atoms with Crippen molar-refractivity contribution in [1.29, 1.82) is 0 Å². The van der Waals surface area contributed by atoms with Crippen LogP contribution in [0.3, 0.4) is 0 Å². The van der Waals surface area contributed by atoms with Crippen molar-refractivity contribution in [3.05, 3.63) is 35.9 Å². The largest absolute Gasteiger partial charge is 0.463 e. The van der Waals surface area contributed by atoms with Crippen LogP contribution < -0.4 is 0 Å². The van der Waals surface area contributed by atoms with Crippen LogP contribution in [0.15, 0.2) is 30.3 Å². The number of carbonyl (C=O) groups excluding carboxylic acids is 2. The van der Waals surface area contributed by atoms with Gasteiger partial charge in [-0.1, -0.05) is 30.3 Å². The van der Waals surface area contributed by atoms with E-state index in [-0.39, 0.29) is 18.0 Å². The molecule has 0 aliphatic carbocycles. The summed E-state index contributed by atoms with van der Waals surface area (Å²) in [6.45, 7) is 4.51. The van der Waals surface area contributed by atoms with Crippen molar-refractivity contribution in [2.45, 2.75) is 39.4 Å². The minimum atomic E-state index is -0.391. The average molecular weight is 250 g/mol. The first-order valence-corrected chi connectivity index (χ1v) is 5.88. The maximum absolute atomic E-state index is 11.1. The fourth-order valence-corrected chi connectivity index (χ4v) is 1.75. The van der Waals surface area contributed by atoms with Crippen LogP contribution in [0.5, 0.6) is 0 Å². The van der Waals surface area contributed by atoms with E-state index >= 15 is 0 Å². The fourth-order valence-electron chi connectivity index (χ4n) is 1.75. The summed E-state index contributed by atoms with van der Waals surface area (Å²) in [7, 11) is 0. The van der Waals surface area contributed by atoms with Gasteiger partial charge in [-0.15, -0.1) is 0 Å². The number of carbonyl (C=O) groups is 2. The molecule has 4 nitrogen and oxygen atoms in total. The molecular weight excluding hydrogens is 232 g/mol. The second-order valence-electron chi connectivity index (χ2n) is 4.16. The van der Waals surface area contributed by atoms with Crippen LogP contribution in [-0.2, 0) is 19.1 Å². The molecule has 1 rings (SSSR count). The number of hydrogen-bond donors (Lipinski definition) is 0. The molecule has 0 saturated carbocycles. The summed E-state index contributed by atoms with van der Waals surface area (Å²) in [6, 6.07) is 9.41. The molecule has 0 fully saturated rings. The van der Waals surface area contributed by atoms with Crippen LogP contribution in [-0.4, -0.2) is 18.0 Å². The third-order valence-electron chi connectivity index (χ3n) is 2.39. The summed E-state index contributed by atoms with van der Waals surface area (Å²) in [5.74, 6) is -0.684. The average Bonchev–Trinajstić information content (AvgIpc) is 2.27. The standard InChI is InChI=1S/C14H18O4/c1-10(17-11(2)15)9-14(18-12(3)16)13-7-5-4-6-8-13/h4-8,10,14H,9H2,1-3H3/t10-,14+/m1/s1. The van der Waals surface area contributed by atoms with Gasteiger partial charge in [0.2, 0.25) is 0 Å². The molecule has 18 heavy (non-hydrogen) atoms. The zero-order chi connectivity index (χ0) is 13.5. The molecule has 2 atom stereocenters. The Morgan fingerprint density at radius 2 is 1.61 bits per heavy atom. The molecule has 0 aromatic heterocycles. The molecule has 0 aliphatic rings. The van der Waals surface area contributed by atoms with E-state index in [0.717, 1.165) is 5.56 Å². The predicted octanol–water partition coefficient (Wildman–Crippen LogP) is 2.63. The SMILES string of the molecule is CC(=O)O[C@H](C)C[C@H](OC(C)=O)c1ccccc1. The van der Waals surface area contributed by atoms with E-state index < -0.39 is 6.10 Å². The van der Waals surface area contributed by atoms with E-state index in [0.29, 0.717) is 6.42 Å². The Bertz CT molecular complexity index is 400. The van der Waals surface area contributed by atoms with E-state index in [2.05, 4.69) is 0 Å². The quantitative estimate of drug-likeness (QED) is 0.754. The molecule has 0 N–H and O–H groups in total. The fraction of sp³-hybridized carbons (Fsp3) is 0.429. The molecule has 1 aromatic carbocycles. The van der Waals surface area contributed by atoms with Crippen molar-refractivity contribution < 1.29 is 19.1 Å². The molecule has 98 valence electrons. The maximum atomic E-state index is 11.1. The second kappa shape index (κ2) is 6.79. The Morgan fingerprint density at radius 1 is 1.06 bits per heavy atom. The van der Waals surface area contributed by atoms with E-state index in [1.807, 2.05) is 30.3 Å². The lowest BCUT2D eigenvalue weighted by molar-refractivity contribution is -0.152. The summed E-state index contributed by atoms with van der Waals surface area (Å²) in [6.07, 6.45) is -0.242. The molecule has 1 aromatic rings. The van der Waals surface area contributed by atoms with Crippen LogP contribution in [0.2, 0.25) is 0 Å². The van der Waals surface area contributed by atoms with Gasteiger partial charge in [-0.05, 0) is 12.5 Å². The van der Waals surface area contributed by atoms with Crippen LogP contribution in [0.4, 0.5) is 0 Å². The highest BCUT2D eigenvalue weighted by Crippen LogP contribution is 2.23. The Morgan fingerprint density at radius 3 is 2.11 bits per heavy atom. The topological polar surface area (TPSA) is 52.6 Å². The molecule has 0 unspecified atom stereocenters. The minimum Gasteiger partial charge on any atom is -0.463 e. The summed E-state index contributed by atoms with van der Waals surface area (Å²) in [5, 5.41) is 0. The molecule has 0 saturated heterocycles. The van der Waals surface area contributed by atoms with Gasteiger partial charge < -0.3 is 9.47 Å². The lowest BCUT2D eigenvalue weighted by atomic mass is 10.0. The summed E-state index contributed by atoms with van der Waals surface area (Å²) in [4.78, 5) is 22.0. The Hall–Kier alpha value is -1.84. The monoisotopic (exact) mass is 250 g/mol. The molecule has 0 aliphatic heterocycles. The van der Waals surface area contributed by atoms with E-state index in [4.69, 9.17) is 9.47 Å². The van der Waals surface area contributed by atoms with Gasteiger partial charge in [-0.3, -0.25) is 9.59 Å². The summed E-state index contributed by atoms with van der Waals surface area (Å²) in [5.41, 5.74) is 0.895. The van der Waals surface area contributed by atoms with E-state index in [1.165, 1.54) is 13.8 Å². The van der Waals surface area contributed by atoms with Crippen LogP contribution >= 0.6 is 0 Å². The van der Waals surface area contributed by atoms with Crippen LogP contribution in [0, 0.1) is 0 Å². The highest BCUT2D eigenvalue weighted by Gasteiger charge is 2.19. The number of hydrogen-bond acceptors (Lipinski definition) is 4. The third kappa shape index (κ3) is 4.99. The zero-order valence-electron chi connectivity index (χ0n) is 10.9. The number of benzene rings is 1. The van der Waals surface area contributed by atoms with Gasteiger partial charge in [0.1, 0.15) is 12.2 Å². The Labute approximate surface area is 107 Å². The second-order valence-corrected chi connectivity index (χ2v) is 4.16. The van der Waals surface area contributed by atoms with Gasteiger partial charge in [0, 0.05) is 20.3 Å². The third-order valence-corrected chi connectivity index (χ3v) is 2.39. The van der Waals surface area contributed by atoms with Crippen LogP contribution in [0.25, 0.3) is 0 Å². The Balaban J connectivity index is 2.73. The first-order valence-electron chi connectivity index (χ1n) is 5.88. The van der Waals surface area contributed by atoms with Crippen molar-refractivity contribution in [2.75, 3.05) is 0 Å². The van der Waals surface area contributed by atoms with Crippen molar-refractivity contribution in [3.8, 4) is 0 Å². The van der Waals surface area contributed by atoms with Gasteiger partial charge in [0.15, 0.2) is 0 Å². The van der Waals surface area contributed by atoms with Crippen molar-refractivity contribution in [1.82, 2.24) is 0 Å². The molecule has 0 radical (unpaired) electrons. The van der Waals surface area contributed by atoms with Gasteiger partial charge in [0.25, 0.3) is 0 Å². The van der Waals surface area contributed by atoms with Crippen molar-refractivity contribution in [3.63, 3.8) is 0 Å². The van der Waals surface area contributed by atoms with Crippen molar-refractivity contribution in [2.24, 2.45) is 0 Å². The Kier molecular flexibility index (Phi) is 5.36. The van der Waals surface area contributed by atoms with Gasteiger partial charge >= 0.3 is 11.9 Å². The summed E-state index contributed by atoms with van der Waals surface area (Å²) < 4.78 is 10.3. The molecule has 4 heteroatoms. The number of rotatable bonds is 5. The first kappa shape index (κ1) is 14.2. The normalized spacial score (nSPS) is 13.5. The van der Waals surface area contributed by atoms with Crippen LogP contribution in [0.1, 0.15) is 38.9 Å². The maximum Gasteiger partial charge on any atom is 0.303 e. The zero-order valence-corrected chi connectivity index (χ0v) is 10.9. The van der Waals surface area contributed by atoms with Gasteiger partial charge in [0.05, 0.1) is 0 Å². The smallest absolute Gasteiger partial charge is 0.303 e. The lowest BCUT2D eigenvalue weighted by Crippen LogP contribution is -2.19. The molecule has 0 bridgehead atoms. The molecule has 0 spiro atoms. The highest BCUT2D eigenvalue weighted by atomic mass is 16.6.